The lowest BCUT2D eigenvalue weighted by Crippen LogP contribution is -2.62. The Kier molecular flexibility index (Phi) is 14.9. The number of allylic oxidation sites excluding steroid dienone is 1. The van der Waals surface area contributed by atoms with Gasteiger partial charge in [0, 0.05) is 40.4 Å². The van der Waals surface area contributed by atoms with Gasteiger partial charge in [-0.05, 0) is 69.8 Å². The van der Waals surface area contributed by atoms with Crippen LogP contribution in [0, 0.1) is 23.2 Å². The van der Waals surface area contributed by atoms with E-state index >= 15 is 0 Å². The summed E-state index contributed by atoms with van der Waals surface area (Å²) in [4.78, 5) is 13.8. The molecule has 0 aromatic carbocycles. The second kappa shape index (κ2) is 19.9. The fourth-order valence-corrected chi connectivity index (χ4v) is 12.6. The van der Waals surface area contributed by atoms with Crippen LogP contribution in [-0.4, -0.2) is 193 Å². The SMILES string of the molecule is CO[C@H]1C[C@H](O[C@@H]2CC3=CC[C@@H]4C(=O)O[C@@H]5CO[C@]6(C)OC=C(CC[C@@H]4[C@@]3(C)C[C@H]2O)[C@H]56)O[C@H](C)[C@H]1O[C@H]1C[C@@H](O)[C@@H](O[C@H]2C[C@H](OC)[C@H](O[C@@H]3O[C@H](CO)[C@@H](O)[C@H](O)[C@H]3O)[C@@H](C)O2)[C@H](C)O1. The number of fused-ring (bicyclic) bond motifs is 3. The number of aliphatic hydroxyl groups excluding tert-OH is 6. The lowest BCUT2D eigenvalue weighted by molar-refractivity contribution is -0.356. The highest BCUT2D eigenvalue weighted by atomic mass is 16.8. The molecule has 6 N–H and O–H groups in total. The number of rotatable bonds is 11. The van der Waals surface area contributed by atoms with E-state index in [1.807, 2.05) is 13.8 Å². The van der Waals surface area contributed by atoms with Gasteiger partial charge < -0.3 is 92.2 Å². The van der Waals surface area contributed by atoms with Crippen LogP contribution in [0.25, 0.3) is 0 Å². The molecule has 20 heteroatoms. The van der Waals surface area contributed by atoms with Gasteiger partial charge in [0.25, 0.3) is 0 Å². The van der Waals surface area contributed by atoms with Gasteiger partial charge in [-0.1, -0.05) is 18.6 Å². The fraction of sp³-hybridized carbons (Fsp3) is 0.894. The van der Waals surface area contributed by atoms with Crippen LogP contribution in [-0.2, 0) is 66.4 Å². The zero-order valence-electron chi connectivity index (χ0n) is 39.4. The summed E-state index contributed by atoms with van der Waals surface area (Å²) in [5, 5.41) is 63.8. The highest BCUT2D eigenvalue weighted by Crippen LogP contribution is 2.57. The number of carbonyl (C=O) groups is 1. The molecule has 9 aliphatic rings. The smallest absolute Gasteiger partial charge is 0.309 e. The lowest BCUT2D eigenvalue weighted by atomic mass is 9.55. The Morgan fingerprint density at radius 1 is 0.746 bits per heavy atom. The van der Waals surface area contributed by atoms with Gasteiger partial charge in [-0.2, -0.15) is 0 Å². The zero-order chi connectivity index (χ0) is 47.7. The summed E-state index contributed by atoms with van der Waals surface area (Å²) in [6, 6.07) is 0. The molecule has 0 unspecified atom stereocenters. The van der Waals surface area contributed by atoms with Crippen molar-refractivity contribution in [2.45, 2.75) is 215 Å². The van der Waals surface area contributed by atoms with Crippen molar-refractivity contribution in [3.8, 4) is 0 Å². The topological polar surface area (TPSA) is 258 Å². The van der Waals surface area contributed by atoms with Crippen molar-refractivity contribution in [3.63, 3.8) is 0 Å². The molecule has 0 aromatic heterocycles. The van der Waals surface area contributed by atoms with Crippen molar-refractivity contribution in [2.75, 3.05) is 27.4 Å². The Bertz CT molecular complexity index is 1790. The predicted octanol–water partition coefficient (Wildman–Crippen LogP) is 0.829. The van der Waals surface area contributed by atoms with Gasteiger partial charge in [0.2, 0.25) is 5.79 Å². The maximum absolute atomic E-state index is 13.8. The molecule has 7 aliphatic heterocycles. The molecule has 380 valence electrons. The number of aliphatic hydroxyl groups is 6. The lowest BCUT2D eigenvalue weighted by Gasteiger charge is -2.52. The molecule has 2 aliphatic carbocycles. The summed E-state index contributed by atoms with van der Waals surface area (Å²) in [6.45, 7) is 9.14. The molecule has 7 heterocycles. The van der Waals surface area contributed by atoms with Gasteiger partial charge in [-0.15, -0.1) is 0 Å². The molecule has 9 rings (SSSR count). The van der Waals surface area contributed by atoms with E-state index in [4.69, 9.17) is 61.6 Å². The Morgan fingerprint density at radius 3 is 2.03 bits per heavy atom. The third-order valence-electron chi connectivity index (χ3n) is 16.3. The quantitative estimate of drug-likeness (QED) is 0.124. The second-order valence-electron chi connectivity index (χ2n) is 20.5. The van der Waals surface area contributed by atoms with E-state index in [0.717, 1.165) is 18.4 Å². The maximum atomic E-state index is 13.8. The van der Waals surface area contributed by atoms with Gasteiger partial charge in [0.15, 0.2) is 25.2 Å². The molecule has 0 radical (unpaired) electrons. The molecule has 7 fully saturated rings. The summed E-state index contributed by atoms with van der Waals surface area (Å²) < 4.78 is 79.5. The molecule has 0 bridgehead atoms. The van der Waals surface area contributed by atoms with Crippen molar-refractivity contribution < 1.29 is 97.0 Å². The first kappa shape index (κ1) is 50.0. The summed E-state index contributed by atoms with van der Waals surface area (Å²) in [6.07, 6.45) is -9.91. The Hall–Kier alpha value is -1.93. The van der Waals surface area contributed by atoms with E-state index < -0.39 is 135 Å². The van der Waals surface area contributed by atoms with Gasteiger partial charge in [-0.3, -0.25) is 4.79 Å². The van der Waals surface area contributed by atoms with Crippen molar-refractivity contribution in [2.24, 2.45) is 23.2 Å². The minimum Gasteiger partial charge on any atom is -0.469 e. The van der Waals surface area contributed by atoms with Crippen LogP contribution < -0.4 is 0 Å². The average molecular weight is 957 g/mol. The van der Waals surface area contributed by atoms with E-state index in [-0.39, 0.29) is 42.7 Å². The first-order chi connectivity index (χ1) is 31.9. The number of esters is 1. The van der Waals surface area contributed by atoms with Gasteiger partial charge in [0.1, 0.15) is 48.8 Å². The predicted molar refractivity (Wildman–Crippen MR) is 227 cm³/mol. The molecule has 0 spiro atoms. The summed E-state index contributed by atoms with van der Waals surface area (Å²) in [5.41, 5.74) is 1.84. The number of hydrogen-bond donors (Lipinski definition) is 6. The Morgan fingerprint density at radius 2 is 1.37 bits per heavy atom. The molecule has 0 aromatic rings. The van der Waals surface area contributed by atoms with Crippen molar-refractivity contribution >= 4 is 5.97 Å². The van der Waals surface area contributed by atoms with Crippen LogP contribution >= 0.6 is 0 Å². The maximum Gasteiger partial charge on any atom is 0.309 e. The van der Waals surface area contributed by atoms with E-state index in [0.29, 0.717) is 32.3 Å². The van der Waals surface area contributed by atoms with E-state index in [9.17, 15) is 35.4 Å². The van der Waals surface area contributed by atoms with Crippen molar-refractivity contribution in [1.29, 1.82) is 0 Å². The van der Waals surface area contributed by atoms with E-state index in [1.165, 1.54) is 12.7 Å². The third kappa shape index (κ3) is 9.51. The average Bonchev–Trinajstić information content (AvgIpc) is 3.81. The zero-order valence-corrected chi connectivity index (χ0v) is 39.4. The van der Waals surface area contributed by atoms with Crippen molar-refractivity contribution in [1.82, 2.24) is 0 Å². The first-order valence-electron chi connectivity index (χ1n) is 24.2. The molecular weight excluding hydrogens is 884 g/mol. The number of methoxy groups -OCH3 is 2. The Labute approximate surface area is 390 Å². The first-order valence-corrected chi connectivity index (χ1v) is 24.2. The van der Waals surface area contributed by atoms with Crippen LogP contribution in [0.1, 0.15) is 86.0 Å². The molecule has 20 nitrogen and oxygen atoms in total. The van der Waals surface area contributed by atoms with Gasteiger partial charge >= 0.3 is 5.97 Å². The minimum atomic E-state index is -1.60. The number of carbonyl (C=O) groups excluding carboxylic acids is 1. The highest BCUT2D eigenvalue weighted by Gasteiger charge is 2.59. The number of hydrogen-bond acceptors (Lipinski definition) is 20. The van der Waals surface area contributed by atoms with Crippen LogP contribution in [0.2, 0.25) is 0 Å². The molecule has 6 saturated heterocycles. The molecule has 0 amide bonds. The van der Waals surface area contributed by atoms with Crippen LogP contribution in [0.3, 0.4) is 0 Å². The summed E-state index contributed by atoms with van der Waals surface area (Å²) in [5.74, 6) is -1.52. The normalized spacial score (nSPS) is 52.3. The van der Waals surface area contributed by atoms with E-state index in [2.05, 4.69) is 13.0 Å². The Balaban J connectivity index is 0.768. The summed E-state index contributed by atoms with van der Waals surface area (Å²) in [7, 11) is 3.08. The summed E-state index contributed by atoms with van der Waals surface area (Å²) >= 11 is 0. The van der Waals surface area contributed by atoms with Gasteiger partial charge in [-0.25, -0.2) is 0 Å². The monoisotopic (exact) mass is 956 g/mol. The second-order valence-corrected chi connectivity index (χ2v) is 20.5. The molecule has 25 atom stereocenters. The van der Waals surface area contributed by atoms with E-state index in [1.54, 1.807) is 27.2 Å². The number of ether oxygens (including phenoxy) is 13. The molecular formula is C47H72O20. The minimum absolute atomic E-state index is 0.0362. The highest BCUT2D eigenvalue weighted by molar-refractivity contribution is 5.74. The van der Waals surface area contributed by atoms with Crippen molar-refractivity contribution in [3.05, 3.63) is 23.5 Å². The largest absolute Gasteiger partial charge is 0.469 e. The van der Waals surface area contributed by atoms with Gasteiger partial charge in [0.05, 0.1) is 80.1 Å². The van der Waals surface area contributed by atoms with Crippen LogP contribution in [0.5, 0.6) is 0 Å². The van der Waals surface area contributed by atoms with Crippen LogP contribution in [0.15, 0.2) is 23.5 Å². The third-order valence-corrected chi connectivity index (χ3v) is 16.3. The fourth-order valence-electron chi connectivity index (χ4n) is 12.6. The molecule has 1 saturated carbocycles. The standard InChI is InChI=1S/C47H72O20/c1-20-41(65-36-15-31(56-7)43(22(3)61-36)67-45-40(53)39(52)38(51)32(17-48)64-45)27(49)13-34(59-20)66-42-21(2)60-35(14-30(42)55-6)62-29-12-24-9-10-25-26(46(24,4)16-28(29)50)11-8-23-18-57-47(5)37(23)33(19-58-47)63-44(25)54/h9,18,20-22,25-43,45,48-53H,8,10-17,19H2,1-7H3/t20-,21+,22+,25-,26-,27+,28+,29+,30-,31-,32+,33+,34-,35-,36-,37+,38+,39-,40+,41-,42+,43+,45-,46-,47-/m0/s1. The molecule has 67 heavy (non-hydrogen) atoms. The van der Waals surface area contributed by atoms with Crippen LogP contribution in [0.4, 0.5) is 0 Å².